The molecule has 0 radical (unpaired) electrons. The van der Waals surface area contributed by atoms with E-state index in [2.05, 4.69) is 15.3 Å². The molecule has 0 saturated carbocycles. The Morgan fingerprint density at radius 3 is 1.17 bits per heavy atom. The Balaban J connectivity index is 1.92. The highest BCUT2D eigenvalue weighted by atomic mass is 32.8. The summed E-state index contributed by atoms with van der Waals surface area (Å²) in [5.74, 6) is 3.41. The van der Waals surface area contributed by atoms with Crippen molar-refractivity contribution in [2.45, 2.75) is 0 Å². The van der Waals surface area contributed by atoms with Crippen LogP contribution in [0.5, 0.6) is 0 Å². The summed E-state index contributed by atoms with van der Waals surface area (Å²) in [5, 5.41) is 10.8. The van der Waals surface area contributed by atoms with Gasteiger partial charge in [-0.1, -0.05) is 34.1 Å². The van der Waals surface area contributed by atoms with Crippen LogP contribution in [0.25, 0.3) is 0 Å². The predicted octanol–water partition coefficient (Wildman–Crippen LogP) is 3.85. The fourth-order valence-electron chi connectivity index (χ4n) is 2.12. The first-order chi connectivity index (χ1) is 8.74. The van der Waals surface area contributed by atoms with E-state index >= 15 is 0 Å². The summed E-state index contributed by atoms with van der Waals surface area (Å²) in [6.45, 7) is -2.02. The van der Waals surface area contributed by atoms with Gasteiger partial charge in [0, 0.05) is 36.9 Å². The Kier molecular flexibility index (Phi) is 3.56. The number of nitrogens with zero attached hydrogens (tertiary/aromatic N) is 3. The standard InChI is InChI=1S/C6H15N6P3S3/c1-4-16-13(7-1)10-14(8-2-5-17-14)12-15(11-13)9-3-6-18-15/h7-9H,1-6H2. The first kappa shape index (κ1) is 13.3. The average Bonchev–Trinajstić information content (AvgIpc) is 3.03. The van der Waals surface area contributed by atoms with Gasteiger partial charge in [-0.2, -0.15) is 13.5 Å². The van der Waals surface area contributed by atoms with Gasteiger partial charge in [-0.05, 0) is 0 Å². The molecule has 0 bridgehead atoms. The summed E-state index contributed by atoms with van der Waals surface area (Å²) in [6, 6.07) is 0. The van der Waals surface area contributed by atoms with Crippen molar-refractivity contribution in [2.75, 3.05) is 36.9 Å². The second-order valence-electron chi connectivity index (χ2n) is 4.12. The molecule has 4 aliphatic heterocycles. The molecule has 18 heavy (non-hydrogen) atoms. The van der Waals surface area contributed by atoms with E-state index in [0.29, 0.717) is 0 Å². The smallest absolute Gasteiger partial charge is 0.202 e. The Hall–Kier alpha value is 1.62. The molecule has 6 nitrogen and oxygen atoms in total. The lowest BCUT2D eigenvalue weighted by Crippen LogP contribution is -2.08. The predicted molar refractivity (Wildman–Crippen MR) is 89.4 cm³/mol. The van der Waals surface area contributed by atoms with Gasteiger partial charge in [0.2, 0.25) is 19.7 Å². The molecule has 3 spiro atoms. The third-order valence-corrected chi connectivity index (χ3v) is 22.8. The molecule has 4 aliphatic rings. The highest BCUT2D eigenvalue weighted by Gasteiger charge is 2.42. The number of rotatable bonds is 0. The number of hydrogen-bond donors (Lipinski definition) is 3. The van der Waals surface area contributed by atoms with Crippen molar-refractivity contribution in [3.05, 3.63) is 0 Å². The molecule has 0 aromatic heterocycles. The Morgan fingerprint density at radius 2 is 0.944 bits per heavy atom. The molecule has 0 unspecified atom stereocenters. The molecule has 0 aliphatic carbocycles. The highest BCUT2D eigenvalue weighted by molar-refractivity contribution is 8.67. The summed E-state index contributed by atoms with van der Waals surface area (Å²) in [7, 11) is 0. The van der Waals surface area contributed by atoms with E-state index in [4.69, 9.17) is 13.5 Å². The van der Waals surface area contributed by atoms with E-state index in [9.17, 15) is 0 Å². The molecule has 3 N–H and O–H groups in total. The Bertz CT molecular complexity index is 424. The van der Waals surface area contributed by atoms with Gasteiger partial charge in [0.1, 0.15) is 0 Å². The zero-order chi connectivity index (χ0) is 12.1. The van der Waals surface area contributed by atoms with Crippen LogP contribution in [0.15, 0.2) is 13.5 Å². The third-order valence-electron chi connectivity index (χ3n) is 2.80. The zero-order valence-electron chi connectivity index (χ0n) is 9.65. The average molecular weight is 360 g/mol. The lowest BCUT2D eigenvalue weighted by Gasteiger charge is -2.29. The topological polar surface area (TPSA) is 73.2 Å². The van der Waals surface area contributed by atoms with Crippen LogP contribution in [0.2, 0.25) is 0 Å². The van der Waals surface area contributed by atoms with Crippen molar-refractivity contribution in [2.24, 2.45) is 13.5 Å². The molecule has 4 heterocycles. The van der Waals surface area contributed by atoms with Gasteiger partial charge in [-0.15, -0.1) is 0 Å². The van der Waals surface area contributed by atoms with Crippen molar-refractivity contribution in [3.8, 4) is 0 Å². The molecule has 12 heteroatoms. The third kappa shape index (κ3) is 2.24. The molecule has 0 atom stereocenters. The maximum absolute atomic E-state index is 5.13. The van der Waals surface area contributed by atoms with Crippen LogP contribution >= 0.6 is 53.8 Å². The largest absolute Gasteiger partial charge is 0.257 e. The van der Waals surface area contributed by atoms with E-state index in [1.807, 2.05) is 34.1 Å². The van der Waals surface area contributed by atoms with Gasteiger partial charge >= 0.3 is 0 Å². The maximum atomic E-state index is 5.13. The Labute approximate surface area is 119 Å². The van der Waals surface area contributed by atoms with Crippen molar-refractivity contribution in [1.29, 1.82) is 0 Å². The van der Waals surface area contributed by atoms with Gasteiger partial charge in [-0.25, -0.2) is 0 Å². The molecule has 0 aromatic carbocycles. The monoisotopic (exact) mass is 360 g/mol. The van der Waals surface area contributed by atoms with E-state index in [1.54, 1.807) is 0 Å². The van der Waals surface area contributed by atoms with Crippen LogP contribution in [0.4, 0.5) is 0 Å². The second kappa shape index (κ2) is 4.82. The molecule has 0 amide bonds. The van der Waals surface area contributed by atoms with E-state index < -0.39 is 19.7 Å². The SMILES string of the molecule is C1CSP2(=NP3(=NP4(=N2)NCCS4)NCCS3)N1. The first-order valence-corrected chi connectivity index (χ1v) is 15.7. The lowest BCUT2D eigenvalue weighted by molar-refractivity contribution is 1.03. The quantitative estimate of drug-likeness (QED) is 0.570. The van der Waals surface area contributed by atoms with Gasteiger partial charge < -0.3 is 0 Å². The summed E-state index contributed by atoms with van der Waals surface area (Å²) >= 11 is 5.83. The second-order valence-corrected chi connectivity index (χ2v) is 19.4. The van der Waals surface area contributed by atoms with Crippen LogP contribution in [-0.2, 0) is 0 Å². The summed E-state index contributed by atoms with van der Waals surface area (Å²) < 4.78 is 15.4. The number of nitrogens with one attached hydrogen (secondary N) is 3. The lowest BCUT2D eigenvalue weighted by atomic mass is 10.8. The summed E-state index contributed by atoms with van der Waals surface area (Å²) in [4.78, 5) is 0. The van der Waals surface area contributed by atoms with Gasteiger partial charge in [-0.3, -0.25) is 15.3 Å². The molecular weight excluding hydrogens is 345 g/mol. The summed E-state index contributed by atoms with van der Waals surface area (Å²) in [5.41, 5.74) is 0. The minimum absolute atomic E-state index is 1.04. The van der Waals surface area contributed by atoms with Crippen LogP contribution in [-0.4, -0.2) is 36.9 Å². The van der Waals surface area contributed by atoms with Gasteiger partial charge in [0.15, 0.2) is 0 Å². The fraction of sp³-hybridized carbons (Fsp3) is 1.00. The molecule has 3 saturated heterocycles. The highest BCUT2D eigenvalue weighted by Crippen LogP contribution is 2.86. The Morgan fingerprint density at radius 1 is 0.611 bits per heavy atom. The van der Waals surface area contributed by atoms with Crippen molar-refractivity contribution >= 4 is 53.8 Å². The van der Waals surface area contributed by atoms with Crippen molar-refractivity contribution in [1.82, 2.24) is 15.3 Å². The molecular formula is C6H15N6P3S3. The van der Waals surface area contributed by atoms with Crippen molar-refractivity contribution < 1.29 is 0 Å². The van der Waals surface area contributed by atoms with Crippen LogP contribution in [0.3, 0.4) is 0 Å². The van der Waals surface area contributed by atoms with E-state index in [1.165, 1.54) is 0 Å². The molecule has 0 aromatic rings. The van der Waals surface area contributed by atoms with Crippen LogP contribution < -0.4 is 15.3 Å². The van der Waals surface area contributed by atoms with Crippen LogP contribution in [0.1, 0.15) is 0 Å². The maximum Gasteiger partial charge on any atom is 0.202 e. The normalized spacial score (nSPS) is 50.7. The molecule has 4 rings (SSSR count). The van der Waals surface area contributed by atoms with Gasteiger partial charge in [0.25, 0.3) is 0 Å². The molecule has 3 fully saturated rings. The van der Waals surface area contributed by atoms with E-state index in [-0.39, 0.29) is 0 Å². The number of hydrogen-bond acceptors (Lipinski definition) is 9. The van der Waals surface area contributed by atoms with Crippen molar-refractivity contribution in [3.63, 3.8) is 0 Å². The van der Waals surface area contributed by atoms with E-state index in [0.717, 1.165) is 36.9 Å². The minimum Gasteiger partial charge on any atom is -0.257 e. The minimum atomic E-state index is -1.72. The first-order valence-electron chi connectivity index (χ1n) is 5.85. The zero-order valence-corrected chi connectivity index (χ0v) is 14.8. The summed E-state index contributed by atoms with van der Waals surface area (Å²) in [6.07, 6.45) is 0. The van der Waals surface area contributed by atoms with Crippen LogP contribution in [0, 0.1) is 0 Å². The fourth-order valence-corrected chi connectivity index (χ4v) is 28.0. The van der Waals surface area contributed by atoms with Gasteiger partial charge in [0.05, 0.1) is 0 Å². The molecule has 102 valence electrons.